The molecule has 0 fully saturated rings. The smallest absolute Gasteiger partial charge is 0.241 e. The van der Waals surface area contributed by atoms with Crippen LogP contribution < -0.4 is 22.9 Å². The van der Waals surface area contributed by atoms with Gasteiger partial charge in [-0.25, -0.2) is 19.5 Å². The Bertz CT molecular complexity index is 582. The Morgan fingerprint density at radius 3 is 1.65 bits per heavy atom. The van der Waals surface area contributed by atoms with Crippen LogP contribution >= 0.6 is 0 Å². The number of hydrazine groups is 1. The molecule has 0 atom stereocenters. The minimum absolute atomic E-state index is 0.0552. The molecule has 0 spiro atoms. The molecule has 2 aromatic rings. The van der Waals surface area contributed by atoms with Crippen LogP contribution in [0, 0.1) is 10.1 Å². The van der Waals surface area contributed by atoms with Crippen molar-refractivity contribution in [1.29, 1.82) is 0 Å². The zero-order valence-corrected chi connectivity index (χ0v) is 10.1. The van der Waals surface area contributed by atoms with Crippen molar-refractivity contribution in [3.05, 3.63) is 10.1 Å². The van der Waals surface area contributed by atoms with Gasteiger partial charge in [-0.3, -0.25) is 0 Å². The molecule has 2 aromatic heterocycles. The van der Waals surface area contributed by atoms with Gasteiger partial charge in [-0.1, -0.05) is 5.01 Å². The van der Waals surface area contributed by atoms with Crippen LogP contribution in [-0.2, 0) is 13.3 Å². The van der Waals surface area contributed by atoms with E-state index < -0.39 is 5.03 Å². The fourth-order valence-electron chi connectivity index (χ4n) is 1.41. The summed E-state index contributed by atoms with van der Waals surface area (Å²) in [7, 11) is 0. The van der Waals surface area contributed by atoms with Crippen LogP contribution in [0.25, 0.3) is 0 Å². The maximum absolute atomic E-state index is 11.0. The summed E-state index contributed by atoms with van der Waals surface area (Å²) in [6.45, 7) is -0.607. The first-order valence-corrected chi connectivity index (χ1v) is 5.17. The van der Waals surface area contributed by atoms with E-state index in [1.54, 1.807) is 0 Å². The van der Waals surface area contributed by atoms with Gasteiger partial charge in [0.05, 0.1) is 0 Å². The Hall–Kier alpha value is -3.32. The molecule has 14 nitrogen and oxygen atoms in total. The molecule has 8 N–H and O–H groups in total. The highest BCUT2D eigenvalue weighted by Gasteiger charge is 2.20. The van der Waals surface area contributed by atoms with E-state index in [-0.39, 0.29) is 37.1 Å². The van der Waals surface area contributed by atoms with Crippen LogP contribution in [0.3, 0.4) is 0 Å². The van der Waals surface area contributed by atoms with Gasteiger partial charge < -0.3 is 22.9 Å². The largest absolute Gasteiger partial charge is 0.368 e. The van der Waals surface area contributed by atoms with E-state index in [0.29, 0.717) is 0 Å². The second kappa shape index (κ2) is 4.75. The summed E-state index contributed by atoms with van der Waals surface area (Å²) in [6, 6.07) is 0. The monoisotopic (exact) mass is 284 g/mol. The molecule has 0 amide bonds. The van der Waals surface area contributed by atoms with Crippen LogP contribution in [0.4, 0.5) is 23.8 Å². The van der Waals surface area contributed by atoms with E-state index in [2.05, 4.69) is 20.2 Å². The zero-order valence-electron chi connectivity index (χ0n) is 10.1. The molecule has 20 heavy (non-hydrogen) atoms. The number of hydrogen-bond acceptors (Lipinski definition) is 10. The fraction of sp³-hybridized carbons (Fsp3) is 0.333. The summed E-state index contributed by atoms with van der Waals surface area (Å²) in [5, 5.41) is 18.5. The number of anilines is 4. The van der Waals surface area contributed by atoms with Crippen LogP contribution in [0.15, 0.2) is 0 Å². The first kappa shape index (κ1) is 13.1. The Labute approximate surface area is 111 Å². The first-order chi connectivity index (χ1) is 9.36. The lowest BCUT2D eigenvalue weighted by Gasteiger charge is -2.14. The van der Waals surface area contributed by atoms with Gasteiger partial charge >= 0.3 is 0 Å². The zero-order chi connectivity index (χ0) is 14.9. The number of rotatable bonds is 5. The van der Waals surface area contributed by atoms with Gasteiger partial charge in [0.2, 0.25) is 23.8 Å². The van der Waals surface area contributed by atoms with Gasteiger partial charge in [-0.2, -0.15) is 9.97 Å². The van der Waals surface area contributed by atoms with Crippen LogP contribution in [-0.4, -0.2) is 39.6 Å². The highest BCUT2D eigenvalue weighted by atomic mass is 16.7. The van der Waals surface area contributed by atoms with E-state index in [4.69, 9.17) is 22.9 Å². The molecule has 108 valence electrons. The minimum Gasteiger partial charge on any atom is -0.368 e. The number of aromatic nitrogens is 6. The number of nitrogens with zero attached hydrogens (tertiary/aromatic N) is 8. The summed E-state index contributed by atoms with van der Waals surface area (Å²) in [6.07, 6.45) is 0. The Morgan fingerprint density at radius 1 is 1.00 bits per heavy atom. The summed E-state index contributed by atoms with van der Waals surface area (Å²) >= 11 is 0. The third-order valence-electron chi connectivity index (χ3n) is 2.26. The van der Waals surface area contributed by atoms with Crippen molar-refractivity contribution in [2.45, 2.75) is 13.3 Å². The lowest BCUT2D eigenvalue weighted by molar-refractivity contribution is -0.671. The molecule has 0 saturated carbocycles. The highest BCUT2D eigenvalue weighted by Crippen LogP contribution is 2.07. The molecule has 0 aliphatic rings. The van der Waals surface area contributed by atoms with E-state index in [1.165, 1.54) is 0 Å². The summed E-state index contributed by atoms with van der Waals surface area (Å²) in [5.74, 6) is -0.286. The molecule has 0 unspecified atom stereocenters. The van der Waals surface area contributed by atoms with Gasteiger partial charge in [0, 0.05) is 0 Å². The Kier molecular flexibility index (Phi) is 3.11. The third kappa shape index (κ3) is 2.57. The number of nitro groups is 1. The lowest BCUT2D eigenvalue weighted by Crippen LogP contribution is -2.35. The predicted molar refractivity (Wildman–Crippen MR) is 66.5 cm³/mol. The Balaban J connectivity index is 2.18. The van der Waals surface area contributed by atoms with Crippen LogP contribution in [0.5, 0.6) is 0 Å². The quantitative estimate of drug-likeness (QED) is 0.327. The summed E-state index contributed by atoms with van der Waals surface area (Å²) < 4.78 is 2.13. The lowest BCUT2D eigenvalue weighted by atomic mass is 10.8. The second-order valence-corrected chi connectivity index (χ2v) is 3.68. The summed E-state index contributed by atoms with van der Waals surface area (Å²) in [4.78, 5) is 18.3. The molecular weight excluding hydrogens is 272 g/mol. The topological polar surface area (TPSA) is 212 Å². The SMILES string of the molecule is Nc1nc(N)n(CN(Cn2nc(N)nc2N)[N+](=O)[O-])n1. The predicted octanol–water partition coefficient (Wildman–Crippen LogP) is -2.69. The third-order valence-corrected chi connectivity index (χ3v) is 2.26. The van der Waals surface area contributed by atoms with E-state index in [0.717, 1.165) is 14.4 Å². The highest BCUT2D eigenvalue weighted by molar-refractivity contribution is 5.26. The average Bonchev–Trinajstić information content (AvgIpc) is 2.81. The second-order valence-electron chi connectivity index (χ2n) is 3.68. The maximum Gasteiger partial charge on any atom is 0.241 e. The summed E-state index contributed by atoms with van der Waals surface area (Å²) in [5.41, 5.74) is 21.7. The standard InChI is InChI=1S/C6H12N12O2/c7-3-11-5(9)16(13-3)1-15(18(19)20)2-17-6(10)12-4(8)14-17/h1-2H2,(H4,7,9,11,13)(H4,8,10,12,14). The molecule has 2 heterocycles. The normalized spacial score (nSPS) is 10.6. The van der Waals surface area contributed by atoms with Crippen molar-refractivity contribution in [2.24, 2.45) is 0 Å². The average molecular weight is 284 g/mol. The van der Waals surface area contributed by atoms with Crippen molar-refractivity contribution < 1.29 is 5.03 Å². The molecule has 2 rings (SSSR count). The number of nitrogen functional groups attached to an aromatic ring is 4. The van der Waals surface area contributed by atoms with Gasteiger partial charge in [-0.05, 0) is 0 Å². The van der Waals surface area contributed by atoms with Gasteiger partial charge in [0.1, 0.15) is 0 Å². The first-order valence-electron chi connectivity index (χ1n) is 5.17. The molecule has 0 aliphatic carbocycles. The van der Waals surface area contributed by atoms with Gasteiger partial charge in [0.25, 0.3) is 0 Å². The molecule has 14 heteroatoms. The van der Waals surface area contributed by atoms with Gasteiger partial charge in [-0.15, -0.1) is 10.2 Å². The number of nitrogens with two attached hydrogens (primary N) is 4. The van der Waals surface area contributed by atoms with Gasteiger partial charge in [0.15, 0.2) is 18.4 Å². The van der Waals surface area contributed by atoms with Crippen LogP contribution in [0.1, 0.15) is 0 Å². The fourth-order valence-corrected chi connectivity index (χ4v) is 1.41. The minimum atomic E-state index is -0.672. The van der Waals surface area contributed by atoms with Crippen molar-refractivity contribution in [1.82, 2.24) is 34.5 Å². The maximum atomic E-state index is 11.0. The molecule has 0 saturated heterocycles. The van der Waals surface area contributed by atoms with Crippen LogP contribution in [0.2, 0.25) is 0 Å². The molecule has 0 aliphatic heterocycles. The van der Waals surface area contributed by atoms with Crippen molar-refractivity contribution >= 4 is 23.8 Å². The van der Waals surface area contributed by atoms with Crippen molar-refractivity contribution in [3.8, 4) is 0 Å². The number of hydrogen-bond donors (Lipinski definition) is 4. The molecule has 0 bridgehead atoms. The molecule has 0 aromatic carbocycles. The van der Waals surface area contributed by atoms with E-state index in [9.17, 15) is 10.1 Å². The van der Waals surface area contributed by atoms with Crippen molar-refractivity contribution in [3.63, 3.8) is 0 Å². The Morgan fingerprint density at radius 2 is 1.40 bits per heavy atom. The van der Waals surface area contributed by atoms with E-state index in [1.807, 2.05) is 0 Å². The molecule has 0 radical (unpaired) electrons. The van der Waals surface area contributed by atoms with Crippen molar-refractivity contribution in [2.75, 3.05) is 22.9 Å². The van der Waals surface area contributed by atoms with E-state index >= 15 is 0 Å². The molecular formula is C6H12N12O2.